The molecule has 1 aliphatic rings. The molecule has 0 spiro atoms. The van der Waals surface area contributed by atoms with Crippen molar-refractivity contribution in [3.63, 3.8) is 0 Å². The van der Waals surface area contributed by atoms with Gasteiger partial charge in [-0.2, -0.15) is 0 Å². The maximum absolute atomic E-state index is 13.2. The summed E-state index contributed by atoms with van der Waals surface area (Å²) in [5.74, 6) is -0.727. The normalized spacial score (nSPS) is 17.4. The number of ether oxygens (including phenoxy) is 2. The predicted molar refractivity (Wildman–Crippen MR) is 137 cm³/mol. The number of aliphatic hydroxyl groups is 1. The van der Waals surface area contributed by atoms with Gasteiger partial charge in [0.05, 0.1) is 24.3 Å². The third-order valence-corrected chi connectivity index (χ3v) is 6.16. The summed E-state index contributed by atoms with van der Waals surface area (Å²) < 4.78 is 11.4. The van der Waals surface area contributed by atoms with Crippen LogP contribution in [-0.2, 0) is 14.3 Å². The molecule has 1 amide bonds. The van der Waals surface area contributed by atoms with Crippen molar-refractivity contribution in [1.29, 1.82) is 0 Å². The molecule has 1 saturated heterocycles. The first-order valence-corrected chi connectivity index (χ1v) is 12.5. The number of aryl methyl sites for hydroxylation is 1. The summed E-state index contributed by atoms with van der Waals surface area (Å²) in [6.45, 7) is 9.49. The van der Waals surface area contributed by atoms with Gasteiger partial charge >= 0.3 is 0 Å². The quantitative estimate of drug-likeness (QED) is 0.180. The monoisotopic (exact) mass is 479 g/mol. The number of ketones is 1. The Labute approximate surface area is 208 Å². The Bertz CT molecular complexity index is 1040. The Balaban J connectivity index is 1.92. The molecule has 188 valence electrons. The molecule has 1 heterocycles. The molecular weight excluding hydrogens is 442 g/mol. The molecule has 1 N–H and O–H groups in total. The standard InChI is InChI=1S/C29H37NO5/c1-5-6-9-18-35-23-15-13-22(14-16-23)27(31)25-26(24-12-8-7-11-21(24)4)30(29(33)28(25)32)17-10-19-34-20(2)3/h7-8,11-16,20,26,31H,5-6,9-10,17-19H2,1-4H3/b27-25-. The molecule has 2 aromatic rings. The molecule has 35 heavy (non-hydrogen) atoms. The number of Topliss-reactive ketones (excluding diaryl/α,β-unsaturated/α-hetero) is 1. The highest BCUT2D eigenvalue weighted by Crippen LogP contribution is 2.40. The highest BCUT2D eigenvalue weighted by molar-refractivity contribution is 6.46. The second-order valence-electron chi connectivity index (χ2n) is 9.20. The summed E-state index contributed by atoms with van der Waals surface area (Å²) in [5.41, 5.74) is 2.37. The van der Waals surface area contributed by atoms with Gasteiger partial charge in [0.1, 0.15) is 11.5 Å². The molecule has 6 nitrogen and oxygen atoms in total. The lowest BCUT2D eigenvalue weighted by atomic mass is 9.92. The number of carbonyl (C=O) groups is 2. The molecule has 1 atom stereocenters. The molecule has 0 radical (unpaired) electrons. The van der Waals surface area contributed by atoms with Gasteiger partial charge in [0, 0.05) is 18.7 Å². The van der Waals surface area contributed by atoms with Crippen molar-refractivity contribution >= 4 is 17.4 Å². The van der Waals surface area contributed by atoms with E-state index in [9.17, 15) is 14.7 Å². The fourth-order valence-electron chi connectivity index (χ4n) is 4.29. The molecule has 3 rings (SSSR count). The van der Waals surface area contributed by atoms with Crippen molar-refractivity contribution in [2.45, 2.75) is 65.5 Å². The molecule has 2 aromatic carbocycles. The average molecular weight is 480 g/mol. The number of nitrogens with zero attached hydrogens (tertiary/aromatic N) is 1. The zero-order valence-corrected chi connectivity index (χ0v) is 21.3. The van der Waals surface area contributed by atoms with Gasteiger partial charge in [-0.1, -0.05) is 44.0 Å². The minimum Gasteiger partial charge on any atom is -0.507 e. The van der Waals surface area contributed by atoms with E-state index in [2.05, 4.69) is 6.92 Å². The zero-order chi connectivity index (χ0) is 25.4. The lowest BCUT2D eigenvalue weighted by Gasteiger charge is -2.26. The largest absolute Gasteiger partial charge is 0.507 e. The van der Waals surface area contributed by atoms with E-state index in [1.54, 1.807) is 29.2 Å². The highest BCUT2D eigenvalue weighted by Gasteiger charge is 2.46. The summed E-state index contributed by atoms with van der Waals surface area (Å²) in [6.07, 6.45) is 3.91. The van der Waals surface area contributed by atoms with Crippen LogP contribution in [0.25, 0.3) is 5.76 Å². The highest BCUT2D eigenvalue weighted by atomic mass is 16.5. The molecule has 0 aliphatic carbocycles. The van der Waals surface area contributed by atoms with Gasteiger partial charge in [-0.25, -0.2) is 0 Å². The topological polar surface area (TPSA) is 76.1 Å². The van der Waals surface area contributed by atoms with E-state index in [0.717, 1.165) is 30.4 Å². The van der Waals surface area contributed by atoms with E-state index in [1.165, 1.54) is 0 Å². The van der Waals surface area contributed by atoms with E-state index < -0.39 is 17.7 Å². The van der Waals surface area contributed by atoms with Gasteiger partial charge in [-0.15, -0.1) is 0 Å². The van der Waals surface area contributed by atoms with Gasteiger partial charge < -0.3 is 19.5 Å². The van der Waals surface area contributed by atoms with Gasteiger partial charge in [-0.05, 0) is 69.0 Å². The van der Waals surface area contributed by atoms with E-state index >= 15 is 0 Å². The summed E-state index contributed by atoms with van der Waals surface area (Å²) in [7, 11) is 0. The molecule has 0 saturated carbocycles. The lowest BCUT2D eigenvalue weighted by Crippen LogP contribution is -2.31. The molecule has 6 heteroatoms. The number of carbonyl (C=O) groups excluding carboxylic acids is 2. The van der Waals surface area contributed by atoms with Crippen molar-refractivity contribution in [1.82, 2.24) is 4.90 Å². The Hall–Kier alpha value is -3.12. The van der Waals surface area contributed by atoms with Crippen LogP contribution in [0.3, 0.4) is 0 Å². The van der Waals surface area contributed by atoms with Crippen LogP contribution < -0.4 is 4.74 Å². The third-order valence-electron chi connectivity index (χ3n) is 6.16. The predicted octanol–water partition coefficient (Wildman–Crippen LogP) is 5.80. The first-order valence-electron chi connectivity index (χ1n) is 12.5. The SMILES string of the molecule is CCCCCOc1ccc(/C(O)=C2/C(=O)C(=O)N(CCCOC(C)C)C2c2ccccc2C)cc1. The van der Waals surface area contributed by atoms with Crippen LogP contribution in [0, 0.1) is 6.92 Å². The van der Waals surface area contributed by atoms with Crippen molar-refractivity contribution < 1.29 is 24.2 Å². The van der Waals surface area contributed by atoms with Crippen LogP contribution in [0.15, 0.2) is 54.1 Å². The summed E-state index contributed by atoms with van der Waals surface area (Å²) >= 11 is 0. The Morgan fingerprint density at radius 3 is 2.37 bits per heavy atom. The van der Waals surface area contributed by atoms with Crippen molar-refractivity contribution in [3.05, 3.63) is 70.8 Å². The van der Waals surface area contributed by atoms with E-state index in [4.69, 9.17) is 9.47 Å². The number of benzene rings is 2. The van der Waals surface area contributed by atoms with Gasteiger partial charge in [0.15, 0.2) is 0 Å². The number of rotatable bonds is 12. The smallest absolute Gasteiger partial charge is 0.295 e. The minimum absolute atomic E-state index is 0.0937. The number of unbranched alkanes of at least 4 members (excludes halogenated alkanes) is 2. The van der Waals surface area contributed by atoms with Crippen LogP contribution in [-0.4, -0.2) is 47.6 Å². The summed E-state index contributed by atoms with van der Waals surface area (Å²) in [6, 6.07) is 14.0. The Morgan fingerprint density at radius 2 is 1.71 bits per heavy atom. The molecule has 1 unspecified atom stereocenters. The second kappa shape index (κ2) is 12.5. The van der Waals surface area contributed by atoms with Crippen molar-refractivity contribution in [2.24, 2.45) is 0 Å². The number of aliphatic hydroxyl groups excluding tert-OH is 1. The third kappa shape index (κ3) is 6.51. The molecular formula is C29H37NO5. The number of hydrogen-bond donors (Lipinski definition) is 1. The van der Waals surface area contributed by atoms with E-state index in [1.807, 2.05) is 45.0 Å². The molecule has 1 aliphatic heterocycles. The van der Waals surface area contributed by atoms with Crippen molar-refractivity contribution in [3.8, 4) is 5.75 Å². The van der Waals surface area contributed by atoms with Crippen molar-refractivity contribution in [2.75, 3.05) is 19.8 Å². The maximum atomic E-state index is 13.2. The van der Waals surface area contributed by atoms with E-state index in [0.29, 0.717) is 37.5 Å². The maximum Gasteiger partial charge on any atom is 0.295 e. The zero-order valence-electron chi connectivity index (χ0n) is 21.3. The van der Waals surface area contributed by atoms with Gasteiger partial charge in [0.25, 0.3) is 11.7 Å². The minimum atomic E-state index is -0.666. The first kappa shape index (κ1) is 26.5. The van der Waals surface area contributed by atoms with Crippen LogP contribution >= 0.6 is 0 Å². The second-order valence-corrected chi connectivity index (χ2v) is 9.20. The van der Waals surface area contributed by atoms with Crippen LogP contribution in [0.4, 0.5) is 0 Å². The van der Waals surface area contributed by atoms with Crippen LogP contribution in [0.5, 0.6) is 5.75 Å². The average Bonchev–Trinajstić information content (AvgIpc) is 3.09. The lowest BCUT2D eigenvalue weighted by molar-refractivity contribution is -0.140. The Kier molecular flexibility index (Phi) is 9.49. The summed E-state index contributed by atoms with van der Waals surface area (Å²) in [4.78, 5) is 27.8. The van der Waals surface area contributed by atoms with Crippen LogP contribution in [0.1, 0.15) is 69.2 Å². The molecule has 1 fully saturated rings. The fourth-order valence-corrected chi connectivity index (χ4v) is 4.29. The number of likely N-dealkylation sites (tertiary alicyclic amines) is 1. The number of hydrogen-bond acceptors (Lipinski definition) is 5. The summed E-state index contributed by atoms with van der Waals surface area (Å²) in [5, 5.41) is 11.2. The van der Waals surface area contributed by atoms with Gasteiger partial charge in [-0.3, -0.25) is 9.59 Å². The fraction of sp³-hybridized carbons (Fsp3) is 0.448. The Morgan fingerprint density at radius 1 is 1.00 bits per heavy atom. The molecule has 0 aromatic heterocycles. The first-order chi connectivity index (χ1) is 16.8. The number of amides is 1. The van der Waals surface area contributed by atoms with Crippen LogP contribution in [0.2, 0.25) is 0 Å². The van der Waals surface area contributed by atoms with E-state index in [-0.39, 0.29) is 17.4 Å². The van der Waals surface area contributed by atoms with Gasteiger partial charge in [0.2, 0.25) is 0 Å². The molecule has 0 bridgehead atoms.